The molecule has 43 heavy (non-hydrogen) atoms. The van der Waals surface area contributed by atoms with E-state index in [1.165, 1.54) is 10.9 Å². The second kappa shape index (κ2) is 10.9. The number of thiol groups is 2. The number of anilines is 2. The molecule has 21 heteroatoms. The summed E-state index contributed by atoms with van der Waals surface area (Å²) in [6, 6.07) is 3.50. The molecular weight excluding hydrogens is 646 g/mol. The van der Waals surface area contributed by atoms with Crippen molar-refractivity contribution in [2.75, 3.05) is 24.7 Å². The van der Waals surface area contributed by atoms with Gasteiger partial charge in [-0.3, -0.25) is 32.4 Å². The lowest BCUT2D eigenvalue weighted by molar-refractivity contribution is -0.0556. The van der Waals surface area contributed by atoms with Gasteiger partial charge >= 0.3 is 13.6 Å². The predicted octanol–water partition coefficient (Wildman–Crippen LogP) is 2.80. The highest BCUT2D eigenvalue weighted by atomic mass is 32.7. The highest BCUT2D eigenvalue weighted by Gasteiger charge is 2.46. The largest absolute Gasteiger partial charge is 0.398 e. The fourth-order valence-corrected chi connectivity index (χ4v) is 8.52. The zero-order valence-corrected chi connectivity index (χ0v) is 25.6. The summed E-state index contributed by atoms with van der Waals surface area (Å²) in [5.74, 6) is -0.135. The van der Waals surface area contributed by atoms with Crippen molar-refractivity contribution in [2.24, 2.45) is 0 Å². The summed E-state index contributed by atoms with van der Waals surface area (Å²) < 4.78 is 65.4. The number of fused-ring (bicyclic) bond motifs is 5. The van der Waals surface area contributed by atoms with Crippen LogP contribution in [-0.2, 0) is 36.7 Å². The first-order valence-corrected chi connectivity index (χ1v) is 18.4. The van der Waals surface area contributed by atoms with Crippen LogP contribution in [0.5, 0.6) is 0 Å². The Morgan fingerprint density at radius 2 is 1.70 bits per heavy atom. The van der Waals surface area contributed by atoms with Gasteiger partial charge in [0.2, 0.25) is 5.95 Å². The number of nitrogens with zero attached hydrogens (tertiary/aromatic N) is 5. The Morgan fingerprint density at radius 1 is 0.930 bits per heavy atom. The van der Waals surface area contributed by atoms with Gasteiger partial charge in [0.25, 0.3) is 5.56 Å². The first-order valence-electron chi connectivity index (χ1n) is 13.0. The number of aromatic nitrogens is 6. The lowest BCUT2D eigenvalue weighted by Gasteiger charge is -2.26. The van der Waals surface area contributed by atoms with Crippen molar-refractivity contribution in [3.63, 3.8) is 0 Å². The van der Waals surface area contributed by atoms with Crippen molar-refractivity contribution < 1.29 is 36.7 Å². The number of nitrogens with one attached hydrogen (secondary N) is 1. The van der Waals surface area contributed by atoms with Crippen molar-refractivity contribution in [1.29, 1.82) is 0 Å². The molecule has 7 heterocycles. The van der Waals surface area contributed by atoms with Crippen LogP contribution in [0.4, 0.5) is 11.6 Å². The Hall–Kier alpha value is -2.44. The average molecular weight is 673 g/mol. The number of hydrogen-bond acceptors (Lipinski definition) is 14. The van der Waals surface area contributed by atoms with Crippen LogP contribution in [0, 0.1) is 0 Å². The third kappa shape index (κ3) is 5.63. The first kappa shape index (κ1) is 29.3. The minimum Gasteiger partial charge on any atom is -0.398 e. The van der Waals surface area contributed by atoms with Gasteiger partial charge in [-0.2, -0.15) is 4.98 Å². The van der Waals surface area contributed by atoms with Gasteiger partial charge in [-0.15, -0.1) is 0 Å². The maximum Gasteiger partial charge on any atom is 0.386 e. The van der Waals surface area contributed by atoms with E-state index < -0.39 is 56.0 Å². The van der Waals surface area contributed by atoms with Gasteiger partial charge in [0.15, 0.2) is 17.4 Å². The van der Waals surface area contributed by atoms with E-state index in [1.54, 1.807) is 23.0 Å². The number of H-pyrrole nitrogens is 1. The maximum atomic E-state index is 13.5. The predicted molar refractivity (Wildman–Crippen MR) is 159 cm³/mol. The number of pyridine rings is 1. The lowest BCUT2D eigenvalue weighted by Crippen LogP contribution is -2.28. The van der Waals surface area contributed by atoms with E-state index in [4.69, 9.17) is 39.0 Å². The Morgan fingerprint density at radius 3 is 2.51 bits per heavy atom. The van der Waals surface area contributed by atoms with Crippen molar-refractivity contribution in [3.05, 3.63) is 41.2 Å². The third-order valence-electron chi connectivity index (χ3n) is 7.37. The van der Waals surface area contributed by atoms with Crippen LogP contribution in [0.3, 0.4) is 0 Å². The number of rotatable bonds is 2. The van der Waals surface area contributed by atoms with Gasteiger partial charge in [-0.05, 0) is 12.1 Å². The average Bonchev–Trinajstić information content (AvgIpc) is 3.71. The summed E-state index contributed by atoms with van der Waals surface area (Å²) in [4.78, 5) is 27.4. The van der Waals surface area contributed by atoms with Crippen LogP contribution in [-0.4, -0.2) is 66.7 Å². The zero-order valence-electron chi connectivity index (χ0n) is 22.0. The fraction of sp³-hybridized carbons (Fsp3) is 0.455. The molecule has 230 valence electrons. The van der Waals surface area contributed by atoms with E-state index >= 15 is 0 Å². The quantitative estimate of drug-likeness (QED) is 0.153. The molecule has 4 aromatic rings. The van der Waals surface area contributed by atoms with Gasteiger partial charge in [0, 0.05) is 36.3 Å². The van der Waals surface area contributed by atoms with Crippen LogP contribution in [0.15, 0.2) is 35.6 Å². The van der Waals surface area contributed by atoms with Gasteiger partial charge in [0.05, 0.1) is 25.6 Å². The summed E-state index contributed by atoms with van der Waals surface area (Å²) in [5, 5.41) is 0.736. The van der Waals surface area contributed by atoms with Crippen LogP contribution in [0.1, 0.15) is 25.3 Å². The van der Waals surface area contributed by atoms with Gasteiger partial charge in [-0.1, -0.05) is 24.5 Å². The summed E-state index contributed by atoms with van der Waals surface area (Å²) in [6.45, 7) is -8.54. The van der Waals surface area contributed by atoms with Crippen LogP contribution < -0.4 is 17.0 Å². The number of hydrogen-bond donors (Lipinski definition) is 5. The van der Waals surface area contributed by atoms with Gasteiger partial charge < -0.3 is 25.5 Å². The van der Waals surface area contributed by atoms with Crippen molar-refractivity contribution in [3.8, 4) is 0 Å². The number of ether oxygens (including phenoxy) is 2. The standard InChI is InChI=1S/C22H26N8O9P2S2/c23-12-1-3-25-18-11(12)2-4-29(18)16-6-13-15(37-16)8-35-41(33,43)39-14-5-10(7-34-40(32,42)38-13)36-21(14)30-9-26-17-19(30)27-22(24)28-20(17)31/h1-4,9-10,13-16,21H,5-8H2,(H2,23,25)(H,32,42)(H,33,43)(H3,24,27,28,31)/t10-,13-,14+,15+,16+,21+,40?,41?/m0/s1. The summed E-state index contributed by atoms with van der Waals surface area (Å²) in [5.41, 5.74) is 12.5. The number of imidazole rings is 1. The molecule has 4 aromatic heterocycles. The molecule has 3 saturated heterocycles. The molecule has 3 fully saturated rings. The molecule has 0 amide bonds. The number of nitrogen functional groups attached to an aromatic ring is 2. The van der Waals surface area contributed by atoms with Gasteiger partial charge in [-0.25, -0.2) is 19.1 Å². The highest BCUT2D eigenvalue weighted by Crippen LogP contribution is 2.60. The maximum absolute atomic E-state index is 13.5. The molecule has 0 saturated carbocycles. The minimum absolute atomic E-state index is 0.0107. The van der Waals surface area contributed by atoms with Crippen molar-refractivity contribution >= 4 is 71.9 Å². The monoisotopic (exact) mass is 672 g/mol. The second-order valence-corrected chi connectivity index (χ2v) is 16.0. The molecule has 0 aromatic carbocycles. The summed E-state index contributed by atoms with van der Waals surface area (Å²) in [6.07, 6.45) is 0.0315. The fourth-order valence-electron chi connectivity index (χ4n) is 5.48. The molecular formula is C22H26N8O9P2S2. The molecule has 3 aliphatic rings. The van der Waals surface area contributed by atoms with E-state index in [0.29, 0.717) is 11.3 Å². The molecule has 7 rings (SSSR count). The summed E-state index contributed by atoms with van der Waals surface area (Å²) >= 11 is 8.39. The van der Waals surface area contributed by atoms with Crippen LogP contribution in [0.2, 0.25) is 0 Å². The molecule has 8 atom stereocenters. The van der Waals surface area contributed by atoms with E-state index in [1.807, 2.05) is 6.07 Å². The van der Waals surface area contributed by atoms with Crippen LogP contribution >= 0.6 is 38.1 Å². The number of aromatic amines is 1. The molecule has 0 aliphatic carbocycles. The topological polar surface area (TPSA) is 223 Å². The first-order chi connectivity index (χ1) is 20.5. The lowest BCUT2D eigenvalue weighted by atomic mass is 10.2. The molecule has 0 radical (unpaired) electrons. The molecule has 2 unspecified atom stereocenters. The molecule has 2 bridgehead atoms. The van der Waals surface area contributed by atoms with E-state index in [2.05, 4.69) is 44.4 Å². The SMILES string of the molecule is Nc1nc2c(ncn2[C@@H]2O[C@@H]3COP(=O)(S)O[C@H]4C[C@H](n5ccc6c(N)ccnc65)O[C@@H]4COP(=O)(S)O[C@@H]2C3)c(=O)[nH]1. The van der Waals surface area contributed by atoms with E-state index in [9.17, 15) is 13.9 Å². The minimum atomic E-state index is -4.06. The Bertz CT molecular complexity index is 1870. The Kier molecular flexibility index (Phi) is 7.40. The van der Waals surface area contributed by atoms with E-state index in [-0.39, 0.29) is 43.2 Å². The molecule has 5 N–H and O–H groups in total. The summed E-state index contributed by atoms with van der Waals surface area (Å²) in [7, 11) is 0. The number of nitrogens with two attached hydrogens (primary N) is 2. The van der Waals surface area contributed by atoms with Gasteiger partial charge in [0.1, 0.15) is 30.2 Å². The van der Waals surface area contributed by atoms with Crippen molar-refractivity contribution in [1.82, 2.24) is 29.1 Å². The normalized spacial score (nSPS) is 35.4. The molecule has 0 spiro atoms. The van der Waals surface area contributed by atoms with Crippen LogP contribution in [0.25, 0.3) is 22.2 Å². The van der Waals surface area contributed by atoms with E-state index in [0.717, 1.165) is 5.39 Å². The smallest absolute Gasteiger partial charge is 0.386 e. The molecule has 17 nitrogen and oxygen atoms in total. The highest BCUT2D eigenvalue weighted by molar-refractivity contribution is 8.44. The Balaban J connectivity index is 1.17. The molecule has 3 aliphatic heterocycles. The zero-order chi connectivity index (χ0) is 30.1. The second-order valence-electron chi connectivity index (χ2n) is 10.2. The third-order valence-corrected chi connectivity index (χ3v) is 10.7. The van der Waals surface area contributed by atoms with Crippen molar-refractivity contribution in [2.45, 2.75) is 49.7 Å². The Labute approximate surface area is 252 Å².